The fourth-order valence-corrected chi connectivity index (χ4v) is 1.70. The summed E-state index contributed by atoms with van der Waals surface area (Å²) in [5, 5.41) is 9.69. The van der Waals surface area contributed by atoms with Crippen molar-refractivity contribution in [1.29, 1.82) is 0 Å². The molecule has 0 radical (unpaired) electrons. The average Bonchev–Trinajstić information content (AvgIpc) is 2.04. The summed E-state index contributed by atoms with van der Waals surface area (Å²) in [5.74, 6) is 0.580. The van der Waals surface area contributed by atoms with Crippen molar-refractivity contribution in [2.45, 2.75) is 26.4 Å². The number of aliphatic hydroxyl groups excluding tert-OH is 1. The molecule has 1 unspecified atom stereocenters. The zero-order chi connectivity index (χ0) is 9.68. The summed E-state index contributed by atoms with van der Waals surface area (Å²) in [7, 11) is 0. The Bertz CT molecular complexity index is 133. The van der Waals surface area contributed by atoms with Gasteiger partial charge in [-0.25, -0.2) is 0 Å². The summed E-state index contributed by atoms with van der Waals surface area (Å²) >= 11 is 0. The lowest BCUT2D eigenvalue weighted by molar-refractivity contribution is 0.0109. The van der Waals surface area contributed by atoms with Gasteiger partial charge in [-0.05, 0) is 12.3 Å². The van der Waals surface area contributed by atoms with E-state index in [1.165, 1.54) is 0 Å². The SMILES string of the molecule is CC(C)CC(O)CN1CCOCC1. The molecule has 1 aliphatic heterocycles. The maximum atomic E-state index is 9.69. The molecule has 78 valence electrons. The smallest absolute Gasteiger partial charge is 0.0669 e. The standard InChI is InChI=1S/C10H21NO2/c1-9(2)7-10(12)8-11-3-5-13-6-4-11/h9-10,12H,3-8H2,1-2H3. The minimum Gasteiger partial charge on any atom is -0.392 e. The molecule has 1 N–H and O–H groups in total. The Morgan fingerprint density at radius 1 is 1.31 bits per heavy atom. The molecule has 0 aromatic heterocycles. The van der Waals surface area contributed by atoms with E-state index in [-0.39, 0.29) is 6.10 Å². The van der Waals surface area contributed by atoms with Gasteiger partial charge in [0.1, 0.15) is 0 Å². The van der Waals surface area contributed by atoms with Crippen molar-refractivity contribution in [2.75, 3.05) is 32.8 Å². The second-order valence-corrected chi connectivity index (χ2v) is 4.20. The summed E-state index contributed by atoms with van der Waals surface area (Å²) in [6.45, 7) is 8.65. The highest BCUT2D eigenvalue weighted by molar-refractivity contribution is 4.68. The lowest BCUT2D eigenvalue weighted by Gasteiger charge is -2.28. The Labute approximate surface area is 80.7 Å². The minimum atomic E-state index is -0.168. The number of rotatable bonds is 4. The predicted molar refractivity (Wildman–Crippen MR) is 52.7 cm³/mol. The summed E-state index contributed by atoms with van der Waals surface area (Å²) in [6.07, 6.45) is 0.732. The number of morpholine rings is 1. The van der Waals surface area contributed by atoms with Crippen molar-refractivity contribution in [1.82, 2.24) is 4.90 Å². The van der Waals surface area contributed by atoms with Crippen LogP contribution in [0.1, 0.15) is 20.3 Å². The quantitative estimate of drug-likeness (QED) is 0.704. The van der Waals surface area contributed by atoms with Crippen LogP contribution in [0.5, 0.6) is 0 Å². The molecule has 0 bridgehead atoms. The van der Waals surface area contributed by atoms with Crippen LogP contribution in [-0.4, -0.2) is 49.0 Å². The van der Waals surface area contributed by atoms with Gasteiger partial charge < -0.3 is 9.84 Å². The number of β-amino-alcohol motifs (C(OH)–C–C–N with tert-alkyl or cyclic N) is 1. The molecule has 1 aliphatic rings. The van der Waals surface area contributed by atoms with Crippen molar-refractivity contribution >= 4 is 0 Å². The molecule has 3 heteroatoms. The highest BCUT2D eigenvalue weighted by atomic mass is 16.5. The zero-order valence-corrected chi connectivity index (χ0v) is 8.70. The van der Waals surface area contributed by atoms with E-state index in [9.17, 15) is 5.11 Å². The van der Waals surface area contributed by atoms with Gasteiger partial charge in [0, 0.05) is 19.6 Å². The van der Waals surface area contributed by atoms with Crippen molar-refractivity contribution in [3.8, 4) is 0 Å². The fourth-order valence-electron chi connectivity index (χ4n) is 1.70. The number of hydrogen-bond donors (Lipinski definition) is 1. The van der Waals surface area contributed by atoms with Crippen LogP contribution in [0.2, 0.25) is 0 Å². The summed E-state index contributed by atoms with van der Waals surface area (Å²) < 4.78 is 5.24. The molecule has 1 rings (SSSR count). The first kappa shape index (κ1) is 11.0. The second kappa shape index (κ2) is 5.58. The molecule has 0 aliphatic carbocycles. The normalized spacial score (nSPS) is 22.2. The van der Waals surface area contributed by atoms with Gasteiger partial charge in [0.25, 0.3) is 0 Å². The first-order chi connectivity index (χ1) is 6.18. The third-order valence-electron chi connectivity index (χ3n) is 2.32. The fraction of sp³-hybridized carbons (Fsp3) is 1.00. The minimum absolute atomic E-state index is 0.168. The molecule has 3 nitrogen and oxygen atoms in total. The van der Waals surface area contributed by atoms with Gasteiger partial charge in [-0.2, -0.15) is 0 Å². The van der Waals surface area contributed by atoms with E-state index < -0.39 is 0 Å². The Morgan fingerprint density at radius 2 is 1.92 bits per heavy atom. The van der Waals surface area contributed by atoms with Gasteiger partial charge in [0.2, 0.25) is 0 Å². The molecular weight excluding hydrogens is 166 g/mol. The van der Waals surface area contributed by atoms with Gasteiger partial charge in [-0.3, -0.25) is 4.90 Å². The van der Waals surface area contributed by atoms with Crippen LogP contribution >= 0.6 is 0 Å². The topological polar surface area (TPSA) is 32.7 Å². The van der Waals surface area contributed by atoms with E-state index in [0.717, 1.165) is 39.3 Å². The molecule has 0 saturated carbocycles. The van der Waals surface area contributed by atoms with E-state index in [1.807, 2.05) is 0 Å². The zero-order valence-electron chi connectivity index (χ0n) is 8.70. The molecule has 0 spiro atoms. The summed E-state index contributed by atoms with van der Waals surface area (Å²) in [6, 6.07) is 0. The van der Waals surface area contributed by atoms with Gasteiger partial charge >= 0.3 is 0 Å². The number of nitrogens with zero attached hydrogens (tertiary/aromatic N) is 1. The van der Waals surface area contributed by atoms with Crippen molar-refractivity contribution in [3.63, 3.8) is 0 Å². The van der Waals surface area contributed by atoms with E-state index in [0.29, 0.717) is 5.92 Å². The van der Waals surface area contributed by atoms with Gasteiger partial charge in [-0.1, -0.05) is 13.8 Å². The lowest BCUT2D eigenvalue weighted by Crippen LogP contribution is -2.41. The molecule has 0 aromatic carbocycles. The average molecular weight is 187 g/mol. The second-order valence-electron chi connectivity index (χ2n) is 4.20. The number of hydrogen-bond acceptors (Lipinski definition) is 3. The largest absolute Gasteiger partial charge is 0.392 e. The van der Waals surface area contributed by atoms with E-state index in [2.05, 4.69) is 18.7 Å². The van der Waals surface area contributed by atoms with Crippen LogP contribution in [0.3, 0.4) is 0 Å². The third kappa shape index (κ3) is 4.60. The number of ether oxygens (including phenoxy) is 1. The molecule has 1 fully saturated rings. The molecule has 1 heterocycles. The van der Waals surface area contributed by atoms with Crippen molar-refractivity contribution in [3.05, 3.63) is 0 Å². The Balaban J connectivity index is 2.14. The molecule has 0 aromatic rings. The molecule has 1 saturated heterocycles. The molecule has 0 amide bonds. The predicted octanol–water partition coefficient (Wildman–Crippen LogP) is 0.726. The van der Waals surface area contributed by atoms with Crippen LogP contribution in [0.25, 0.3) is 0 Å². The van der Waals surface area contributed by atoms with E-state index in [1.54, 1.807) is 0 Å². The summed E-state index contributed by atoms with van der Waals surface area (Å²) in [5.41, 5.74) is 0. The molecule has 1 atom stereocenters. The van der Waals surface area contributed by atoms with Crippen LogP contribution in [0, 0.1) is 5.92 Å². The van der Waals surface area contributed by atoms with Crippen LogP contribution in [-0.2, 0) is 4.74 Å². The first-order valence-electron chi connectivity index (χ1n) is 5.16. The van der Waals surface area contributed by atoms with E-state index in [4.69, 9.17) is 4.74 Å². The summed E-state index contributed by atoms with van der Waals surface area (Å²) in [4.78, 5) is 2.27. The third-order valence-corrected chi connectivity index (χ3v) is 2.32. The van der Waals surface area contributed by atoms with Gasteiger partial charge in [-0.15, -0.1) is 0 Å². The van der Waals surface area contributed by atoms with Crippen molar-refractivity contribution in [2.24, 2.45) is 5.92 Å². The molecule has 13 heavy (non-hydrogen) atoms. The van der Waals surface area contributed by atoms with Gasteiger partial charge in [0.05, 0.1) is 19.3 Å². The highest BCUT2D eigenvalue weighted by Crippen LogP contribution is 2.07. The maximum Gasteiger partial charge on any atom is 0.0669 e. The van der Waals surface area contributed by atoms with Gasteiger partial charge in [0.15, 0.2) is 0 Å². The Kier molecular flexibility index (Phi) is 4.70. The van der Waals surface area contributed by atoms with Crippen molar-refractivity contribution < 1.29 is 9.84 Å². The van der Waals surface area contributed by atoms with Crippen LogP contribution in [0.15, 0.2) is 0 Å². The monoisotopic (exact) mass is 187 g/mol. The Morgan fingerprint density at radius 3 is 2.46 bits per heavy atom. The lowest BCUT2D eigenvalue weighted by atomic mass is 10.1. The number of aliphatic hydroxyl groups is 1. The first-order valence-corrected chi connectivity index (χ1v) is 5.16. The maximum absolute atomic E-state index is 9.69. The Hall–Kier alpha value is -0.120. The molecular formula is C10H21NO2. The van der Waals surface area contributed by atoms with E-state index >= 15 is 0 Å². The highest BCUT2D eigenvalue weighted by Gasteiger charge is 2.15. The van der Waals surface area contributed by atoms with Crippen LogP contribution in [0.4, 0.5) is 0 Å². The van der Waals surface area contributed by atoms with Crippen LogP contribution < -0.4 is 0 Å².